The van der Waals surface area contributed by atoms with E-state index in [0.717, 1.165) is 0 Å². The molecule has 0 fully saturated rings. The van der Waals surface area contributed by atoms with E-state index in [1.54, 1.807) is 24.1 Å². The van der Waals surface area contributed by atoms with E-state index in [4.69, 9.17) is 10.8 Å². The molecule has 0 bridgehead atoms. The maximum Gasteiger partial charge on any atom is 0.303 e. The summed E-state index contributed by atoms with van der Waals surface area (Å²) in [5.41, 5.74) is 6.39. The minimum atomic E-state index is -0.800. The quantitative estimate of drug-likeness (QED) is 0.657. The van der Waals surface area contributed by atoms with Gasteiger partial charge < -0.3 is 16.2 Å². The lowest BCUT2D eigenvalue weighted by atomic mass is 9.84. The number of rotatable bonds is 8. The summed E-state index contributed by atoms with van der Waals surface area (Å²) in [5, 5.41) is 15.5. The van der Waals surface area contributed by atoms with E-state index >= 15 is 0 Å². The number of carbonyl (C=O) groups excluding carboxylic acids is 1. The Morgan fingerprint density at radius 3 is 2.67 bits per heavy atom. The highest BCUT2D eigenvalue weighted by molar-refractivity contribution is 5.82. The van der Waals surface area contributed by atoms with Crippen LogP contribution in [0.25, 0.3) is 0 Å². The van der Waals surface area contributed by atoms with Crippen molar-refractivity contribution < 1.29 is 14.7 Å². The van der Waals surface area contributed by atoms with Gasteiger partial charge in [0.1, 0.15) is 6.04 Å². The van der Waals surface area contributed by atoms with E-state index < -0.39 is 12.0 Å². The largest absolute Gasteiger partial charge is 0.481 e. The van der Waals surface area contributed by atoms with Crippen LogP contribution in [-0.4, -0.2) is 33.3 Å². The number of carboxylic acids is 1. The van der Waals surface area contributed by atoms with Gasteiger partial charge in [-0.25, -0.2) is 0 Å². The van der Waals surface area contributed by atoms with Gasteiger partial charge >= 0.3 is 5.97 Å². The molecule has 0 radical (unpaired) electrons. The molecule has 1 atom stereocenters. The first-order chi connectivity index (χ1) is 9.71. The number of aromatic nitrogens is 2. The second-order valence-corrected chi connectivity index (χ2v) is 6.02. The standard InChI is InChI=1S/C14H24N4O3/c1-14(2,5-4-11(19)20)6-7-16-13(21)12(15)10-8-17-18(3)9-10/h8-9,12H,4-7,15H2,1-3H3,(H,16,21)(H,19,20). The normalized spacial score (nSPS) is 13.0. The number of nitrogens with zero attached hydrogens (tertiary/aromatic N) is 2. The minimum absolute atomic E-state index is 0.135. The summed E-state index contributed by atoms with van der Waals surface area (Å²) in [6.07, 6.45) is 4.69. The molecule has 0 saturated heterocycles. The average Bonchev–Trinajstić information content (AvgIpc) is 2.82. The van der Waals surface area contributed by atoms with Gasteiger partial charge in [-0.2, -0.15) is 5.10 Å². The minimum Gasteiger partial charge on any atom is -0.481 e. The number of hydrogen-bond acceptors (Lipinski definition) is 4. The molecule has 1 heterocycles. The first-order valence-electron chi connectivity index (χ1n) is 6.95. The third kappa shape index (κ3) is 5.95. The van der Waals surface area contributed by atoms with Crippen molar-refractivity contribution in [2.45, 2.75) is 39.2 Å². The summed E-state index contributed by atoms with van der Waals surface area (Å²) < 4.78 is 1.59. The van der Waals surface area contributed by atoms with E-state index in [2.05, 4.69) is 10.4 Å². The lowest BCUT2D eigenvalue weighted by Crippen LogP contribution is -2.36. The SMILES string of the molecule is Cn1cc(C(N)C(=O)NCCC(C)(C)CCC(=O)O)cn1. The van der Waals surface area contributed by atoms with Crippen molar-refractivity contribution in [3.63, 3.8) is 0 Å². The topological polar surface area (TPSA) is 110 Å². The van der Waals surface area contributed by atoms with Gasteiger partial charge in [0.15, 0.2) is 0 Å². The molecule has 1 rings (SSSR count). The summed E-state index contributed by atoms with van der Waals surface area (Å²) in [7, 11) is 1.76. The van der Waals surface area contributed by atoms with Crippen LogP contribution in [0.3, 0.4) is 0 Å². The van der Waals surface area contributed by atoms with Crippen molar-refractivity contribution in [1.29, 1.82) is 0 Å². The smallest absolute Gasteiger partial charge is 0.303 e. The Bertz CT molecular complexity index is 496. The van der Waals surface area contributed by atoms with Crippen LogP contribution in [0.5, 0.6) is 0 Å². The molecule has 1 aromatic rings. The summed E-state index contributed by atoms with van der Waals surface area (Å²) in [5.74, 6) is -1.05. The van der Waals surface area contributed by atoms with Crippen molar-refractivity contribution in [2.24, 2.45) is 18.2 Å². The van der Waals surface area contributed by atoms with Crippen LogP contribution < -0.4 is 11.1 Å². The number of hydrogen-bond donors (Lipinski definition) is 3. The molecule has 1 aromatic heterocycles. The van der Waals surface area contributed by atoms with Crippen LogP contribution in [0.4, 0.5) is 0 Å². The van der Waals surface area contributed by atoms with E-state index in [1.807, 2.05) is 13.8 Å². The summed E-state index contributed by atoms with van der Waals surface area (Å²) >= 11 is 0. The van der Waals surface area contributed by atoms with Gasteiger partial charge in [0.25, 0.3) is 0 Å². The number of nitrogens with one attached hydrogen (secondary N) is 1. The van der Waals surface area contributed by atoms with E-state index in [1.165, 1.54) is 0 Å². The van der Waals surface area contributed by atoms with Crippen LogP contribution >= 0.6 is 0 Å². The van der Waals surface area contributed by atoms with E-state index in [9.17, 15) is 9.59 Å². The summed E-state index contributed by atoms with van der Waals surface area (Å²) in [6.45, 7) is 4.45. The van der Waals surface area contributed by atoms with Gasteiger partial charge in [-0.15, -0.1) is 0 Å². The Labute approximate surface area is 124 Å². The highest BCUT2D eigenvalue weighted by Gasteiger charge is 2.21. The monoisotopic (exact) mass is 296 g/mol. The molecule has 4 N–H and O–H groups in total. The molecule has 0 spiro atoms. The molecule has 0 aliphatic heterocycles. The fourth-order valence-electron chi connectivity index (χ4n) is 1.96. The molecular weight excluding hydrogens is 272 g/mol. The fourth-order valence-corrected chi connectivity index (χ4v) is 1.96. The second-order valence-electron chi connectivity index (χ2n) is 6.02. The predicted octanol–water partition coefficient (Wildman–Crippen LogP) is 0.817. The Kier molecular flexibility index (Phi) is 5.90. The zero-order valence-electron chi connectivity index (χ0n) is 12.8. The molecule has 0 aliphatic rings. The highest BCUT2D eigenvalue weighted by Crippen LogP contribution is 2.26. The van der Waals surface area contributed by atoms with Crippen LogP contribution in [0.1, 0.15) is 44.7 Å². The molecular formula is C14H24N4O3. The molecule has 21 heavy (non-hydrogen) atoms. The molecule has 118 valence electrons. The first kappa shape index (κ1) is 17.2. The Morgan fingerprint density at radius 2 is 2.14 bits per heavy atom. The number of amides is 1. The van der Waals surface area contributed by atoms with Crippen molar-refractivity contribution in [1.82, 2.24) is 15.1 Å². The number of nitrogens with two attached hydrogens (primary N) is 1. The number of aliphatic carboxylic acids is 1. The average molecular weight is 296 g/mol. The van der Waals surface area contributed by atoms with Crippen LogP contribution in [0, 0.1) is 5.41 Å². The first-order valence-corrected chi connectivity index (χ1v) is 6.95. The zero-order valence-corrected chi connectivity index (χ0v) is 12.8. The van der Waals surface area contributed by atoms with Gasteiger partial charge in [0.05, 0.1) is 6.20 Å². The lowest BCUT2D eigenvalue weighted by Gasteiger charge is -2.24. The molecule has 0 aliphatic carbocycles. The molecule has 0 saturated carbocycles. The fraction of sp³-hybridized carbons (Fsp3) is 0.643. The lowest BCUT2D eigenvalue weighted by molar-refractivity contribution is -0.137. The van der Waals surface area contributed by atoms with Crippen LogP contribution in [0.15, 0.2) is 12.4 Å². The van der Waals surface area contributed by atoms with E-state index in [-0.39, 0.29) is 17.7 Å². The predicted molar refractivity (Wildman–Crippen MR) is 78.4 cm³/mol. The maximum absolute atomic E-state index is 11.9. The van der Waals surface area contributed by atoms with Crippen molar-refractivity contribution in [3.05, 3.63) is 18.0 Å². The second kappa shape index (κ2) is 7.21. The molecule has 1 unspecified atom stereocenters. The Hall–Kier alpha value is -1.89. The van der Waals surface area contributed by atoms with Crippen LogP contribution in [-0.2, 0) is 16.6 Å². The third-order valence-electron chi connectivity index (χ3n) is 3.48. The number of aryl methyl sites for hydroxylation is 1. The zero-order chi connectivity index (χ0) is 16.0. The number of carboxylic acid groups (broad SMARTS) is 1. The maximum atomic E-state index is 11.9. The van der Waals surface area contributed by atoms with Crippen molar-refractivity contribution >= 4 is 11.9 Å². The van der Waals surface area contributed by atoms with Crippen molar-refractivity contribution in [3.8, 4) is 0 Å². The van der Waals surface area contributed by atoms with Gasteiger partial charge in [-0.3, -0.25) is 14.3 Å². The van der Waals surface area contributed by atoms with Crippen LogP contribution in [0.2, 0.25) is 0 Å². The van der Waals surface area contributed by atoms with E-state index in [0.29, 0.717) is 24.9 Å². The van der Waals surface area contributed by atoms with Gasteiger partial charge in [-0.05, 0) is 18.3 Å². The molecule has 1 amide bonds. The molecule has 0 aromatic carbocycles. The van der Waals surface area contributed by atoms with Crippen molar-refractivity contribution in [2.75, 3.05) is 6.54 Å². The van der Waals surface area contributed by atoms with Gasteiger partial charge in [0, 0.05) is 31.8 Å². The third-order valence-corrected chi connectivity index (χ3v) is 3.48. The van der Waals surface area contributed by atoms with Gasteiger partial charge in [0.2, 0.25) is 5.91 Å². The molecule has 7 nitrogen and oxygen atoms in total. The summed E-state index contributed by atoms with van der Waals surface area (Å²) in [6, 6.07) is -0.735. The highest BCUT2D eigenvalue weighted by atomic mass is 16.4. The number of carbonyl (C=O) groups is 2. The molecule has 7 heteroatoms. The Morgan fingerprint density at radius 1 is 1.48 bits per heavy atom. The summed E-state index contributed by atoms with van der Waals surface area (Å²) in [4.78, 5) is 22.5. The Balaban J connectivity index is 2.37. The van der Waals surface area contributed by atoms with Gasteiger partial charge in [-0.1, -0.05) is 13.8 Å².